The number of benzene rings is 1. The number of carbonyl (C=O) groups excluding carboxylic acids is 1. The lowest BCUT2D eigenvalue weighted by molar-refractivity contribution is 0.101. The molecule has 0 bridgehead atoms. The van der Waals surface area contributed by atoms with E-state index in [9.17, 15) is 4.79 Å². The molecule has 0 saturated carbocycles. The van der Waals surface area contributed by atoms with E-state index in [1.807, 2.05) is 32.0 Å². The molecule has 0 amide bonds. The summed E-state index contributed by atoms with van der Waals surface area (Å²) < 4.78 is 13.5. The summed E-state index contributed by atoms with van der Waals surface area (Å²) >= 11 is 0. The van der Waals surface area contributed by atoms with Crippen LogP contribution in [-0.4, -0.2) is 27.2 Å². The number of nitrogens with zero attached hydrogens (tertiary/aromatic N) is 3. The molecule has 25 heavy (non-hydrogen) atoms. The van der Waals surface area contributed by atoms with Gasteiger partial charge in [-0.3, -0.25) is 4.79 Å². The Labute approximate surface area is 144 Å². The molecule has 0 unspecified atom stereocenters. The molecule has 6 heteroatoms. The molecule has 3 heterocycles. The van der Waals surface area contributed by atoms with Gasteiger partial charge < -0.3 is 9.15 Å². The Balaban J connectivity index is 1.97. The van der Waals surface area contributed by atoms with Crippen molar-refractivity contribution in [2.24, 2.45) is 0 Å². The minimum Gasteiger partial charge on any atom is -0.489 e. The minimum atomic E-state index is -0.212. The zero-order valence-corrected chi connectivity index (χ0v) is 14.0. The molecular weight excluding hydrogens is 318 g/mol. The van der Waals surface area contributed by atoms with Crippen LogP contribution in [0.5, 0.6) is 5.75 Å². The summed E-state index contributed by atoms with van der Waals surface area (Å²) in [4.78, 5) is 17.4. The van der Waals surface area contributed by atoms with Crippen LogP contribution in [0, 0.1) is 0 Å². The van der Waals surface area contributed by atoms with Crippen molar-refractivity contribution in [1.82, 2.24) is 14.8 Å². The Bertz CT molecular complexity index is 1060. The first-order valence-electron chi connectivity index (χ1n) is 8.24. The van der Waals surface area contributed by atoms with Gasteiger partial charge in [0, 0.05) is 18.3 Å². The van der Waals surface area contributed by atoms with Gasteiger partial charge in [-0.15, -0.1) is 0 Å². The molecule has 0 radical (unpaired) electrons. The molecule has 0 atom stereocenters. The van der Waals surface area contributed by atoms with Gasteiger partial charge in [-0.2, -0.15) is 5.10 Å². The number of hydrogen-bond acceptors (Lipinski definition) is 5. The van der Waals surface area contributed by atoms with Gasteiger partial charge in [-0.25, -0.2) is 9.67 Å². The van der Waals surface area contributed by atoms with Crippen LogP contribution in [0.1, 0.15) is 30.0 Å². The number of carbonyl (C=O) groups is 1. The first kappa shape index (κ1) is 15.4. The normalized spacial score (nSPS) is 11.3. The van der Waals surface area contributed by atoms with Crippen LogP contribution in [0.2, 0.25) is 0 Å². The number of pyridine rings is 1. The van der Waals surface area contributed by atoms with Crippen LogP contribution < -0.4 is 4.74 Å². The predicted molar refractivity (Wildman–Crippen MR) is 94.0 cm³/mol. The largest absolute Gasteiger partial charge is 0.489 e. The Morgan fingerprint density at radius 1 is 1.16 bits per heavy atom. The summed E-state index contributed by atoms with van der Waals surface area (Å²) in [5.41, 5.74) is 1.86. The molecule has 0 spiro atoms. The van der Waals surface area contributed by atoms with E-state index in [0.717, 1.165) is 11.0 Å². The summed E-state index contributed by atoms with van der Waals surface area (Å²) in [6, 6.07) is 9.02. The van der Waals surface area contributed by atoms with Crippen LogP contribution in [0.25, 0.3) is 22.0 Å². The molecule has 0 saturated heterocycles. The molecule has 0 aliphatic carbocycles. The van der Waals surface area contributed by atoms with Gasteiger partial charge in [0.15, 0.2) is 17.0 Å². The maximum Gasteiger partial charge on any atom is 0.232 e. The van der Waals surface area contributed by atoms with Crippen LogP contribution in [0.3, 0.4) is 0 Å². The first-order chi connectivity index (χ1) is 12.2. The first-order valence-corrected chi connectivity index (χ1v) is 8.24. The van der Waals surface area contributed by atoms with Crippen molar-refractivity contribution in [3.8, 4) is 5.75 Å². The zero-order chi connectivity index (χ0) is 17.4. The van der Waals surface area contributed by atoms with Gasteiger partial charge in [-0.1, -0.05) is 30.3 Å². The predicted octanol–water partition coefficient (Wildman–Crippen LogP) is 3.83. The monoisotopic (exact) mass is 335 g/mol. The fourth-order valence-electron chi connectivity index (χ4n) is 2.94. The number of rotatable bonds is 5. The smallest absolute Gasteiger partial charge is 0.232 e. The Morgan fingerprint density at radius 3 is 2.68 bits per heavy atom. The van der Waals surface area contributed by atoms with Gasteiger partial charge in [0.2, 0.25) is 11.5 Å². The molecule has 0 fully saturated rings. The van der Waals surface area contributed by atoms with Crippen molar-refractivity contribution >= 4 is 27.8 Å². The van der Waals surface area contributed by atoms with E-state index < -0.39 is 0 Å². The van der Waals surface area contributed by atoms with Crippen LogP contribution in [-0.2, 0) is 6.54 Å². The van der Waals surface area contributed by atoms with Crippen LogP contribution in [0.15, 0.2) is 47.1 Å². The van der Waals surface area contributed by atoms with Gasteiger partial charge >= 0.3 is 0 Å². The summed E-state index contributed by atoms with van der Waals surface area (Å²) in [5.74, 6) is 0.419. The number of fused-ring (bicyclic) bond motifs is 3. The lowest BCUT2D eigenvalue weighted by Gasteiger charge is -2.03. The van der Waals surface area contributed by atoms with Crippen molar-refractivity contribution in [2.45, 2.75) is 20.4 Å². The van der Waals surface area contributed by atoms with E-state index in [-0.39, 0.29) is 11.5 Å². The number of ketones is 1. The molecule has 0 N–H and O–H groups in total. The lowest BCUT2D eigenvalue weighted by Crippen LogP contribution is -2.03. The van der Waals surface area contributed by atoms with E-state index >= 15 is 0 Å². The number of hydrogen-bond donors (Lipinski definition) is 0. The molecule has 4 rings (SSSR count). The summed E-state index contributed by atoms with van der Waals surface area (Å²) in [5, 5.41) is 5.78. The molecule has 3 aromatic heterocycles. The summed E-state index contributed by atoms with van der Waals surface area (Å²) in [7, 11) is 0. The third-order valence-corrected chi connectivity index (χ3v) is 4.10. The Morgan fingerprint density at radius 2 is 1.96 bits per heavy atom. The third kappa shape index (κ3) is 2.38. The topological polar surface area (TPSA) is 70.2 Å². The average molecular weight is 335 g/mol. The van der Waals surface area contributed by atoms with Crippen molar-refractivity contribution in [2.75, 3.05) is 6.61 Å². The molecule has 0 aliphatic heterocycles. The second-order valence-electron chi connectivity index (χ2n) is 5.59. The molecule has 4 aromatic rings. The molecule has 1 aromatic carbocycles. The van der Waals surface area contributed by atoms with E-state index in [1.165, 1.54) is 0 Å². The standard InChI is InChI=1S/C19H17N3O3/c1-3-22-19-14(11-21-22)16-13(10-20-19)17(24-4-2)18(25-16)15(23)12-8-6-5-7-9-12/h5-11H,3-4H2,1-2H3. The van der Waals surface area contributed by atoms with Crippen LogP contribution >= 0.6 is 0 Å². The molecular formula is C19H17N3O3. The van der Waals surface area contributed by atoms with E-state index in [2.05, 4.69) is 10.1 Å². The highest BCUT2D eigenvalue weighted by atomic mass is 16.5. The minimum absolute atomic E-state index is 0.196. The van der Waals surface area contributed by atoms with Gasteiger partial charge in [0.1, 0.15) is 0 Å². The number of ether oxygens (including phenoxy) is 1. The van der Waals surface area contributed by atoms with E-state index in [4.69, 9.17) is 9.15 Å². The van der Waals surface area contributed by atoms with Crippen molar-refractivity contribution in [3.63, 3.8) is 0 Å². The highest BCUT2D eigenvalue weighted by molar-refractivity contribution is 6.14. The summed E-state index contributed by atoms with van der Waals surface area (Å²) in [6.07, 6.45) is 3.39. The SMILES string of the molecule is CCOc1c(C(=O)c2ccccc2)oc2c1cnc1c2cnn1CC. The molecule has 126 valence electrons. The van der Waals surface area contributed by atoms with Crippen molar-refractivity contribution in [1.29, 1.82) is 0 Å². The second kappa shape index (κ2) is 6.05. The summed E-state index contributed by atoms with van der Waals surface area (Å²) in [6.45, 7) is 5.00. The third-order valence-electron chi connectivity index (χ3n) is 4.10. The quantitative estimate of drug-likeness (QED) is 0.518. The van der Waals surface area contributed by atoms with Crippen LogP contribution in [0.4, 0.5) is 0 Å². The zero-order valence-electron chi connectivity index (χ0n) is 14.0. The average Bonchev–Trinajstić information content (AvgIpc) is 3.23. The number of furan rings is 1. The number of aryl methyl sites for hydroxylation is 1. The maximum absolute atomic E-state index is 12.9. The number of aromatic nitrogens is 3. The van der Waals surface area contributed by atoms with Crippen molar-refractivity contribution in [3.05, 3.63) is 54.0 Å². The Kier molecular flexibility index (Phi) is 3.72. The molecule has 6 nitrogen and oxygen atoms in total. The van der Waals surface area contributed by atoms with Gasteiger partial charge in [-0.05, 0) is 13.8 Å². The molecule has 0 aliphatic rings. The van der Waals surface area contributed by atoms with Gasteiger partial charge in [0.25, 0.3) is 0 Å². The van der Waals surface area contributed by atoms with E-state index in [1.54, 1.807) is 29.2 Å². The maximum atomic E-state index is 12.9. The van der Waals surface area contributed by atoms with Crippen molar-refractivity contribution < 1.29 is 13.9 Å². The Hall–Kier alpha value is -3.15. The second-order valence-corrected chi connectivity index (χ2v) is 5.59. The van der Waals surface area contributed by atoms with E-state index in [0.29, 0.717) is 35.4 Å². The highest BCUT2D eigenvalue weighted by Gasteiger charge is 2.25. The fourth-order valence-corrected chi connectivity index (χ4v) is 2.94. The fraction of sp³-hybridized carbons (Fsp3) is 0.211. The lowest BCUT2D eigenvalue weighted by atomic mass is 10.1. The highest BCUT2D eigenvalue weighted by Crippen LogP contribution is 2.37. The van der Waals surface area contributed by atoms with Gasteiger partial charge in [0.05, 0.1) is 23.6 Å².